The van der Waals surface area contributed by atoms with Gasteiger partial charge in [0.2, 0.25) is 0 Å². The number of ether oxygens (including phenoxy) is 1. The number of alkyl halides is 2. The van der Waals surface area contributed by atoms with Crippen LogP contribution in [0.5, 0.6) is 0 Å². The molecule has 0 radical (unpaired) electrons. The van der Waals surface area contributed by atoms with Gasteiger partial charge in [-0.3, -0.25) is 0 Å². The first-order valence-corrected chi connectivity index (χ1v) is 13.8. The maximum absolute atomic E-state index is 15.0. The summed E-state index contributed by atoms with van der Waals surface area (Å²) in [6, 6.07) is 15.0. The van der Waals surface area contributed by atoms with Crippen LogP contribution in [0.2, 0.25) is 0 Å². The van der Waals surface area contributed by atoms with E-state index >= 15 is 0 Å². The van der Waals surface area contributed by atoms with E-state index in [9.17, 15) is 8.78 Å². The normalized spacial score (nSPS) is 26.3. The highest BCUT2D eigenvalue weighted by Gasteiger charge is 2.35. The monoisotopic (exact) mass is 480 g/mol. The molecule has 1 unspecified atom stereocenters. The van der Waals surface area contributed by atoms with Crippen molar-refractivity contribution in [1.29, 1.82) is 0 Å². The van der Waals surface area contributed by atoms with E-state index in [1.54, 1.807) is 19.1 Å². The van der Waals surface area contributed by atoms with E-state index < -0.39 is 12.2 Å². The second-order valence-corrected chi connectivity index (χ2v) is 10.9. The molecule has 1 atom stereocenters. The fourth-order valence-corrected chi connectivity index (χ4v) is 6.23. The lowest BCUT2D eigenvalue weighted by Gasteiger charge is -2.29. The van der Waals surface area contributed by atoms with Crippen LogP contribution in [0.4, 0.5) is 8.78 Å². The Morgan fingerprint density at radius 1 is 0.857 bits per heavy atom. The molecular formula is C32H42F2O. The van der Waals surface area contributed by atoms with Crippen LogP contribution in [-0.4, -0.2) is 0 Å². The van der Waals surface area contributed by atoms with Gasteiger partial charge >= 0.3 is 6.11 Å². The number of hydrogen-bond acceptors (Lipinski definition) is 1. The number of rotatable bonds is 9. The largest absolute Gasteiger partial charge is 0.383 e. The lowest BCUT2D eigenvalue weighted by Crippen LogP contribution is -2.20. The molecule has 0 N–H and O–H groups in total. The molecule has 0 amide bonds. The van der Waals surface area contributed by atoms with Crippen LogP contribution in [0, 0.1) is 11.8 Å². The van der Waals surface area contributed by atoms with E-state index in [0.717, 1.165) is 42.7 Å². The highest BCUT2D eigenvalue weighted by Crippen LogP contribution is 2.40. The Hall–Kier alpha value is -2.00. The van der Waals surface area contributed by atoms with Crippen molar-refractivity contribution in [3.8, 4) is 0 Å². The summed E-state index contributed by atoms with van der Waals surface area (Å²) in [4.78, 5) is 0. The Kier molecular flexibility index (Phi) is 8.81. The zero-order chi connectivity index (χ0) is 24.8. The Balaban J connectivity index is 1.33. The molecule has 2 aromatic carbocycles. The van der Waals surface area contributed by atoms with Crippen molar-refractivity contribution in [2.45, 2.75) is 102 Å². The zero-order valence-corrected chi connectivity index (χ0v) is 21.5. The van der Waals surface area contributed by atoms with Crippen LogP contribution < -0.4 is 0 Å². The quantitative estimate of drug-likeness (QED) is 0.324. The Bertz CT molecular complexity index is 917. The average Bonchev–Trinajstić information content (AvgIpc) is 2.89. The molecule has 35 heavy (non-hydrogen) atoms. The van der Waals surface area contributed by atoms with Crippen molar-refractivity contribution < 1.29 is 13.5 Å². The fourth-order valence-electron chi connectivity index (χ4n) is 6.23. The minimum Gasteiger partial charge on any atom is -0.309 e. The van der Waals surface area contributed by atoms with Crippen LogP contribution in [0.3, 0.4) is 0 Å². The Morgan fingerprint density at radius 3 is 1.89 bits per heavy atom. The van der Waals surface area contributed by atoms with E-state index in [4.69, 9.17) is 4.74 Å². The van der Waals surface area contributed by atoms with Crippen molar-refractivity contribution in [1.82, 2.24) is 0 Å². The standard InChI is InChI=1S/C32H42F2O/c1-4-6-25-9-13-28(14-10-25)29-17-15-26(16-18-29)23(3)35-32(33,34)31-21-19-30(20-22-31)27-11-7-24(5-2)8-12-27/h5,15-25,27-28H,2,4,6-14H2,1,3H3. The second-order valence-electron chi connectivity index (χ2n) is 10.9. The van der Waals surface area contributed by atoms with Crippen molar-refractivity contribution in [3.05, 3.63) is 83.4 Å². The minimum absolute atomic E-state index is 0.0756. The summed E-state index contributed by atoms with van der Waals surface area (Å²) in [5.74, 6) is 2.53. The summed E-state index contributed by atoms with van der Waals surface area (Å²) in [7, 11) is 0. The van der Waals surface area contributed by atoms with Crippen molar-refractivity contribution in [3.63, 3.8) is 0 Å². The number of halogens is 2. The molecule has 2 saturated carbocycles. The smallest absolute Gasteiger partial charge is 0.309 e. The predicted molar refractivity (Wildman–Crippen MR) is 141 cm³/mol. The maximum Gasteiger partial charge on any atom is 0.383 e. The van der Waals surface area contributed by atoms with Crippen LogP contribution >= 0.6 is 0 Å². The highest BCUT2D eigenvalue weighted by molar-refractivity contribution is 5.29. The van der Waals surface area contributed by atoms with Gasteiger partial charge in [0.05, 0.1) is 11.7 Å². The highest BCUT2D eigenvalue weighted by atomic mass is 19.3. The van der Waals surface area contributed by atoms with E-state index in [1.165, 1.54) is 44.1 Å². The van der Waals surface area contributed by atoms with Gasteiger partial charge in [-0.15, -0.1) is 6.58 Å². The first kappa shape index (κ1) is 26.1. The first-order valence-electron chi connectivity index (χ1n) is 13.8. The van der Waals surface area contributed by atoms with E-state index in [0.29, 0.717) is 17.8 Å². The molecule has 2 aromatic rings. The van der Waals surface area contributed by atoms with Crippen LogP contribution in [0.15, 0.2) is 61.2 Å². The van der Waals surface area contributed by atoms with E-state index in [2.05, 4.69) is 25.6 Å². The maximum atomic E-state index is 15.0. The first-order chi connectivity index (χ1) is 16.9. The summed E-state index contributed by atoms with van der Waals surface area (Å²) >= 11 is 0. The molecule has 0 bridgehead atoms. The lowest BCUT2D eigenvalue weighted by molar-refractivity contribution is -0.272. The molecule has 190 valence electrons. The molecule has 3 heteroatoms. The minimum atomic E-state index is -3.32. The van der Waals surface area contributed by atoms with E-state index in [1.807, 2.05) is 30.3 Å². The van der Waals surface area contributed by atoms with Gasteiger partial charge in [-0.05, 0) is 98.7 Å². The molecule has 2 fully saturated rings. The van der Waals surface area contributed by atoms with Crippen molar-refractivity contribution in [2.24, 2.45) is 11.8 Å². The molecule has 0 heterocycles. The van der Waals surface area contributed by atoms with Gasteiger partial charge < -0.3 is 4.74 Å². The number of allylic oxidation sites excluding steroid dienone is 1. The van der Waals surface area contributed by atoms with Crippen LogP contribution in [-0.2, 0) is 10.8 Å². The third-order valence-corrected chi connectivity index (χ3v) is 8.57. The number of benzene rings is 2. The van der Waals surface area contributed by atoms with Gasteiger partial charge in [-0.2, -0.15) is 8.78 Å². The average molecular weight is 481 g/mol. The van der Waals surface area contributed by atoms with Gasteiger partial charge in [-0.1, -0.05) is 74.4 Å². The van der Waals surface area contributed by atoms with E-state index in [-0.39, 0.29) is 5.56 Å². The molecule has 0 saturated heterocycles. The van der Waals surface area contributed by atoms with Gasteiger partial charge in [0.1, 0.15) is 0 Å². The van der Waals surface area contributed by atoms with Gasteiger partial charge in [0, 0.05) is 0 Å². The van der Waals surface area contributed by atoms with Gasteiger partial charge in [-0.25, -0.2) is 0 Å². The summed E-state index contributed by atoms with van der Waals surface area (Å²) in [5, 5.41) is 0. The van der Waals surface area contributed by atoms with Crippen LogP contribution in [0.25, 0.3) is 0 Å². The Labute approximate surface area is 211 Å². The summed E-state index contributed by atoms with van der Waals surface area (Å²) in [6.45, 7) is 7.88. The Morgan fingerprint density at radius 2 is 1.37 bits per heavy atom. The lowest BCUT2D eigenvalue weighted by atomic mass is 9.77. The molecule has 1 nitrogen and oxygen atoms in total. The number of hydrogen-bond donors (Lipinski definition) is 0. The molecule has 0 aromatic heterocycles. The summed E-state index contributed by atoms with van der Waals surface area (Å²) in [6.07, 6.45) is 10.2. The second kappa shape index (κ2) is 11.8. The molecule has 2 aliphatic rings. The molecule has 4 rings (SSSR count). The van der Waals surface area contributed by atoms with Crippen molar-refractivity contribution in [2.75, 3.05) is 0 Å². The molecule has 2 aliphatic carbocycles. The zero-order valence-electron chi connectivity index (χ0n) is 21.5. The van der Waals surface area contributed by atoms with Gasteiger partial charge in [0.25, 0.3) is 0 Å². The SMILES string of the molecule is C=CC1CCC(c2ccc(C(F)(F)OC(C)c3ccc(C4CCC(CCC)CC4)cc3)cc2)CC1. The molecular weight excluding hydrogens is 438 g/mol. The summed E-state index contributed by atoms with van der Waals surface area (Å²) in [5.41, 5.74) is 3.21. The molecule has 0 spiro atoms. The topological polar surface area (TPSA) is 9.23 Å². The third kappa shape index (κ3) is 6.61. The summed E-state index contributed by atoms with van der Waals surface area (Å²) < 4.78 is 35.3. The fraction of sp³-hybridized carbons (Fsp3) is 0.562. The van der Waals surface area contributed by atoms with Gasteiger partial charge in [0.15, 0.2) is 0 Å². The van der Waals surface area contributed by atoms with Crippen molar-refractivity contribution >= 4 is 0 Å². The predicted octanol–water partition coefficient (Wildman–Crippen LogP) is 10.0. The third-order valence-electron chi connectivity index (χ3n) is 8.57. The molecule has 0 aliphatic heterocycles. The van der Waals surface area contributed by atoms with Crippen LogP contribution in [0.1, 0.15) is 118 Å².